The van der Waals surface area contributed by atoms with Gasteiger partial charge in [-0.05, 0) is 43.5 Å². The Bertz CT molecular complexity index is 616. The van der Waals surface area contributed by atoms with Gasteiger partial charge in [0.25, 0.3) is 0 Å². The van der Waals surface area contributed by atoms with Gasteiger partial charge < -0.3 is 9.72 Å². The summed E-state index contributed by atoms with van der Waals surface area (Å²) in [6.45, 7) is 4.30. The molecule has 0 amide bonds. The molecule has 2 aromatic rings. The molecule has 0 spiro atoms. The van der Waals surface area contributed by atoms with Crippen molar-refractivity contribution in [3.63, 3.8) is 0 Å². The molecule has 0 fully saturated rings. The smallest absolute Gasteiger partial charge is 0.119 e. The molecule has 0 aliphatic rings. The highest BCUT2D eigenvalue weighted by molar-refractivity contribution is 7.71. The summed E-state index contributed by atoms with van der Waals surface area (Å²) in [6, 6.07) is 6.00. The van der Waals surface area contributed by atoms with Gasteiger partial charge in [0.15, 0.2) is 0 Å². The summed E-state index contributed by atoms with van der Waals surface area (Å²) in [5.74, 6) is 0.854. The number of aromatic amines is 1. The van der Waals surface area contributed by atoms with Gasteiger partial charge in [-0.1, -0.05) is 25.6 Å². The first-order valence-electron chi connectivity index (χ1n) is 6.37. The van der Waals surface area contributed by atoms with Gasteiger partial charge in [-0.25, -0.2) is 0 Å². The number of nitrogens with one attached hydrogen (secondary N) is 1. The molecule has 1 N–H and O–H groups in total. The zero-order chi connectivity index (χ0) is 13.1. The predicted octanol–water partition coefficient (Wildman–Crippen LogP) is 4.56. The fourth-order valence-corrected chi connectivity index (χ4v) is 2.64. The van der Waals surface area contributed by atoms with Crippen molar-refractivity contribution in [1.29, 1.82) is 0 Å². The third kappa shape index (κ3) is 2.41. The van der Waals surface area contributed by atoms with Crippen LogP contribution in [0.4, 0.5) is 0 Å². The number of unbranched alkanes of at least 4 members (excludes halogenated alkanes) is 1. The molecule has 2 nitrogen and oxygen atoms in total. The molecule has 0 unspecified atom stereocenters. The van der Waals surface area contributed by atoms with Crippen molar-refractivity contribution in [2.24, 2.45) is 0 Å². The van der Waals surface area contributed by atoms with Crippen LogP contribution in [-0.2, 0) is 6.42 Å². The average Bonchev–Trinajstić information content (AvgIpc) is 2.38. The van der Waals surface area contributed by atoms with E-state index in [1.807, 2.05) is 18.2 Å². The van der Waals surface area contributed by atoms with Gasteiger partial charge in [-0.15, -0.1) is 0 Å². The quantitative estimate of drug-likeness (QED) is 0.816. The molecule has 1 aromatic carbocycles. The molecule has 3 heteroatoms. The van der Waals surface area contributed by atoms with Crippen molar-refractivity contribution in [1.82, 2.24) is 4.98 Å². The number of hydrogen-bond donors (Lipinski definition) is 1. The van der Waals surface area contributed by atoms with Crippen molar-refractivity contribution in [3.05, 3.63) is 34.0 Å². The molecule has 0 saturated heterocycles. The Balaban J connectivity index is 2.62. The Morgan fingerprint density at radius 3 is 2.78 bits per heavy atom. The van der Waals surface area contributed by atoms with E-state index >= 15 is 0 Å². The highest BCUT2D eigenvalue weighted by Crippen LogP contribution is 2.24. The van der Waals surface area contributed by atoms with Crippen LogP contribution in [0.3, 0.4) is 0 Å². The SMILES string of the molecule is CCCCc1c(C)[nH]c2ccc(OC)cc2c1=S. The third-order valence-corrected chi connectivity index (χ3v) is 3.77. The normalized spacial score (nSPS) is 10.8. The van der Waals surface area contributed by atoms with Gasteiger partial charge in [0.05, 0.1) is 11.6 Å². The summed E-state index contributed by atoms with van der Waals surface area (Å²) in [5, 5.41) is 1.08. The van der Waals surface area contributed by atoms with Crippen molar-refractivity contribution < 1.29 is 4.74 Å². The Hall–Kier alpha value is -1.35. The maximum Gasteiger partial charge on any atom is 0.119 e. The van der Waals surface area contributed by atoms with E-state index in [9.17, 15) is 0 Å². The van der Waals surface area contributed by atoms with Crippen LogP contribution in [0.1, 0.15) is 31.0 Å². The van der Waals surface area contributed by atoms with E-state index in [-0.39, 0.29) is 0 Å². The molecule has 0 bridgehead atoms. The highest BCUT2D eigenvalue weighted by atomic mass is 32.1. The van der Waals surface area contributed by atoms with Crippen LogP contribution >= 0.6 is 12.2 Å². The summed E-state index contributed by atoms with van der Waals surface area (Å²) >= 11 is 5.63. The van der Waals surface area contributed by atoms with E-state index in [0.717, 1.165) is 27.6 Å². The van der Waals surface area contributed by atoms with Gasteiger partial charge in [-0.3, -0.25) is 0 Å². The maximum absolute atomic E-state index is 5.63. The van der Waals surface area contributed by atoms with Crippen LogP contribution < -0.4 is 4.74 Å². The first kappa shape index (κ1) is 13.1. The zero-order valence-corrected chi connectivity index (χ0v) is 12.0. The molecule has 2 rings (SSSR count). The Morgan fingerprint density at radius 1 is 1.33 bits per heavy atom. The Labute approximate surface area is 113 Å². The summed E-state index contributed by atoms with van der Waals surface area (Å²) in [5.41, 5.74) is 3.54. The van der Waals surface area contributed by atoms with E-state index < -0.39 is 0 Å². The number of aryl methyl sites for hydroxylation is 1. The molecule has 0 radical (unpaired) electrons. The van der Waals surface area contributed by atoms with Gasteiger partial charge in [0.2, 0.25) is 0 Å². The molecule has 18 heavy (non-hydrogen) atoms. The first-order chi connectivity index (χ1) is 8.67. The molecule has 1 aromatic heterocycles. The molecule has 1 heterocycles. The summed E-state index contributed by atoms with van der Waals surface area (Å²) in [4.78, 5) is 3.44. The topological polar surface area (TPSA) is 25.0 Å². The van der Waals surface area contributed by atoms with E-state index in [4.69, 9.17) is 17.0 Å². The third-order valence-electron chi connectivity index (χ3n) is 3.30. The fraction of sp³-hybridized carbons (Fsp3) is 0.400. The maximum atomic E-state index is 5.63. The second-order valence-electron chi connectivity index (χ2n) is 4.57. The van der Waals surface area contributed by atoms with Crippen LogP contribution in [0.15, 0.2) is 18.2 Å². The van der Waals surface area contributed by atoms with Crippen molar-refractivity contribution in [2.45, 2.75) is 33.1 Å². The minimum atomic E-state index is 0.854. The molecular formula is C15H19NOS. The van der Waals surface area contributed by atoms with Crippen LogP contribution in [0.2, 0.25) is 0 Å². The highest BCUT2D eigenvalue weighted by Gasteiger charge is 2.07. The molecule has 0 aliphatic carbocycles. The lowest BCUT2D eigenvalue weighted by Gasteiger charge is -2.10. The predicted molar refractivity (Wildman–Crippen MR) is 79.0 cm³/mol. The molecular weight excluding hydrogens is 242 g/mol. The largest absolute Gasteiger partial charge is 0.497 e. The Kier molecular flexibility index (Phi) is 4.02. The van der Waals surface area contributed by atoms with Crippen molar-refractivity contribution in [3.8, 4) is 5.75 Å². The molecule has 0 aliphatic heterocycles. The number of fused-ring (bicyclic) bond motifs is 1. The second-order valence-corrected chi connectivity index (χ2v) is 4.98. The molecule has 96 valence electrons. The van der Waals surface area contributed by atoms with E-state index in [2.05, 4.69) is 18.8 Å². The number of pyridine rings is 1. The van der Waals surface area contributed by atoms with E-state index in [0.29, 0.717) is 0 Å². The number of ether oxygens (including phenoxy) is 1. The van der Waals surface area contributed by atoms with Gasteiger partial charge >= 0.3 is 0 Å². The second kappa shape index (κ2) is 5.53. The van der Waals surface area contributed by atoms with Crippen molar-refractivity contribution >= 4 is 23.1 Å². The molecule has 0 atom stereocenters. The van der Waals surface area contributed by atoms with Gasteiger partial charge in [-0.2, -0.15) is 0 Å². The average molecular weight is 261 g/mol. The van der Waals surface area contributed by atoms with E-state index in [1.54, 1.807) is 7.11 Å². The van der Waals surface area contributed by atoms with E-state index in [1.165, 1.54) is 24.1 Å². The lowest BCUT2D eigenvalue weighted by Crippen LogP contribution is -1.96. The summed E-state index contributed by atoms with van der Waals surface area (Å²) < 4.78 is 6.23. The van der Waals surface area contributed by atoms with Crippen LogP contribution in [0, 0.1) is 11.4 Å². The lowest BCUT2D eigenvalue weighted by molar-refractivity contribution is 0.415. The summed E-state index contributed by atoms with van der Waals surface area (Å²) in [6.07, 6.45) is 3.41. The standard InChI is InChI=1S/C15H19NOS/c1-4-5-6-12-10(2)16-14-8-7-11(17-3)9-13(14)15(12)18/h7-9H,4-6H2,1-3H3,(H,16,18). The number of aromatic nitrogens is 1. The van der Waals surface area contributed by atoms with Gasteiger partial charge in [0, 0.05) is 16.6 Å². The number of methoxy groups -OCH3 is 1. The van der Waals surface area contributed by atoms with Crippen LogP contribution in [-0.4, -0.2) is 12.1 Å². The van der Waals surface area contributed by atoms with Gasteiger partial charge in [0.1, 0.15) is 5.75 Å². The molecule has 0 saturated carbocycles. The first-order valence-corrected chi connectivity index (χ1v) is 6.77. The fourth-order valence-electron chi connectivity index (χ4n) is 2.21. The monoisotopic (exact) mass is 261 g/mol. The van der Waals surface area contributed by atoms with Crippen LogP contribution in [0.5, 0.6) is 5.75 Å². The lowest BCUT2D eigenvalue weighted by atomic mass is 10.0. The zero-order valence-electron chi connectivity index (χ0n) is 11.2. The minimum absolute atomic E-state index is 0.854. The minimum Gasteiger partial charge on any atom is -0.497 e. The van der Waals surface area contributed by atoms with Crippen LogP contribution in [0.25, 0.3) is 10.9 Å². The number of benzene rings is 1. The Morgan fingerprint density at radius 2 is 2.11 bits per heavy atom. The number of hydrogen-bond acceptors (Lipinski definition) is 2. The summed E-state index contributed by atoms with van der Waals surface area (Å²) in [7, 11) is 1.68. The number of H-pyrrole nitrogens is 1. The van der Waals surface area contributed by atoms with Crippen molar-refractivity contribution in [2.75, 3.05) is 7.11 Å². The number of rotatable bonds is 4.